The van der Waals surface area contributed by atoms with Crippen molar-refractivity contribution in [1.29, 1.82) is 0 Å². The Morgan fingerprint density at radius 2 is 2.10 bits per heavy atom. The van der Waals surface area contributed by atoms with Crippen molar-refractivity contribution in [3.8, 4) is 0 Å². The van der Waals surface area contributed by atoms with Crippen molar-refractivity contribution in [2.24, 2.45) is 0 Å². The predicted molar refractivity (Wildman–Crippen MR) is 83.7 cm³/mol. The molecule has 0 aromatic heterocycles. The second-order valence-electron chi connectivity index (χ2n) is 5.44. The number of anilines is 1. The number of carbonyl (C=O) groups excluding carboxylic acids is 2. The lowest BCUT2D eigenvalue weighted by atomic mass is 9.89. The van der Waals surface area contributed by atoms with Crippen molar-refractivity contribution in [2.75, 3.05) is 18.4 Å². The van der Waals surface area contributed by atoms with Gasteiger partial charge in [0.2, 0.25) is 11.8 Å². The molecule has 114 valence electrons. The van der Waals surface area contributed by atoms with Gasteiger partial charge in [0.05, 0.1) is 5.92 Å². The summed E-state index contributed by atoms with van der Waals surface area (Å²) >= 11 is 0. The molecule has 2 atom stereocenters. The van der Waals surface area contributed by atoms with Crippen LogP contribution in [-0.2, 0) is 9.59 Å². The Balaban J connectivity index is 0.00000161. The summed E-state index contributed by atoms with van der Waals surface area (Å²) in [7, 11) is 0. The molecule has 0 radical (unpaired) electrons. The summed E-state index contributed by atoms with van der Waals surface area (Å²) in [6.45, 7) is 1.83. The highest BCUT2D eigenvalue weighted by molar-refractivity contribution is 6.01. The number of carbonyl (C=O) groups is 2. The Kier molecular flexibility index (Phi) is 5.20. The standard InChI is InChI=1S/C15H19N3O2.ClH/c19-14-8-12(11-5-1-2-6-13(11)18-14)15(20)17-10-4-3-7-16-9-10;/h1-2,5-6,10,12,16H,3-4,7-9H2,(H,17,20)(H,18,19);1H/t10-,12?;/m0./s1. The van der Waals surface area contributed by atoms with Crippen LogP contribution in [0.4, 0.5) is 5.69 Å². The molecular weight excluding hydrogens is 290 g/mol. The number of rotatable bonds is 2. The molecular formula is C15H20ClN3O2. The molecule has 2 aliphatic rings. The molecule has 2 amide bonds. The van der Waals surface area contributed by atoms with Gasteiger partial charge in [0.15, 0.2) is 0 Å². The second-order valence-corrected chi connectivity index (χ2v) is 5.44. The van der Waals surface area contributed by atoms with E-state index >= 15 is 0 Å². The molecule has 1 aromatic rings. The third kappa shape index (κ3) is 3.54. The van der Waals surface area contributed by atoms with Crippen LogP contribution in [0.3, 0.4) is 0 Å². The van der Waals surface area contributed by atoms with Crippen LogP contribution in [0.5, 0.6) is 0 Å². The van der Waals surface area contributed by atoms with E-state index in [1.165, 1.54) is 0 Å². The third-order valence-corrected chi connectivity index (χ3v) is 3.96. The Labute approximate surface area is 130 Å². The second kappa shape index (κ2) is 6.91. The summed E-state index contributed by atoms with van der Waals surface area (Å²) < 4.78 is 0. The number of para-hydroxylation sites is 1. The van der Waals surface area contributed by atoms with E-state index in [9.17, 15) is 9.59 Å². The van der Waals surface area contributed by atoms with Gasteiger partial charge in [0.1, 0.15) is 0 Å². The van der Waals surface area contributed by atoms with Crippen molar-refractivity contribution < 1.29 is 9.59 Å². The van der Waals surface area contributed by atoms with Gasteiger partial charge in [-0.1, -0.05) is 18.2 Å². The molecule has 5 nitrogen and oxygen atoms in total. The molecule has 1 aromatic carbocycles. The number of amides is 2. The van der Waals surface area contributed by atoms with Crippen LogP contribution in [-0.4, -0.2) is 30.9 Å². The van der Waals surface area contributed by atoms with Crippen LogP contribution in [0.1, 0.15) is 30.7 Å². The zero-order valence-corrected chi connectivity index (χ0v) is 12.5. The largest absolute Gasteiger partial charge is 0.352 e. The zero-order valence-electron chi connectivity index (χ0n) is 11.7. The molecule has 3 rings (SSSR count). The average Bonchev–Trinajstić information content (AvgIpc) is 2.47. The minimum Gasteiger partial charge on any atom is -0.352 e. The van der Waals surface area contributed by atoms with Gasteiger partial charge in [-0.05, 0) is 31.0 Å². The number of halogens is 1. The molecule has 2 aliphatic heterocycles. The molecule has 3 N–H and O–H groups in total. The predicted octanol–water partition coefficient (Wildman–Crippen LogP) is 1.40. The zero-order chi connectivity index (χ0) is 13.9. The van der Waals surface area contributed by atoms with Crippen molar-refractivity contribution in [2.45, 2.75) is 31.2 Å². The number of nitrogens with one attached hydrogen (secondary N) is 3. The van der Waals surface area contributed by atoms with Gasteiger partial charge in [0.25, 0.3) is 0 Å². The SMILES string of the molecule is Cl.O=C1CC(C(=O)N[C@H]2CCCNC2)c2ccccc2N1. The first-order chi connectivity index (χ1) is 9.74. The van der Waals surface area contributed by atoms with Gasteiger partial charge < -0.3 is 16.0 Å². The molecule has 2 heterocycles. The summed E-state index contributed by atoms with van der Waals surface area (Å²) in [5.74, 6) is -0.506. The quantitative estimate of drug-likeness (QED) is 0.773. The monoisotopic (exact) mass is 309 g/mol. The maximum absolute atomic E-state index is 12.5. The van der Waals surface area contributed by atoms with Crippen LogP contribution >= 0.6 is 12.4 Å². The van der Waals surface area contributed by atoms with Crippen molar-refractivity contribution in [1.82, 2.24) is 10.6 Å². The number of piperidine rings is 1. The molecule has 6 heteroatoms. The van der Waals surface area contributed by atoms with Gasteiger partial charge >= 0.3 is 0 Å². The minimum absolute atomic E-state index is 0. The number of hydrogen-bond donors (Lipinski definition) is 3. The van der Waals surface area contributed by atoms with E-state index in [0.29, 0.717) is 0 Å². The summed E-state index contributed by atoms with van der Waals surface area (Å²) in [6, 6.07) is 7.70. The third-order valence-electron chi connectivity index (χ3n) is 3.96. The van der Waals surface area contributed by atoms with Crippen LogP contribution in [0.15, 0.2) is 24.3 Å². The number of hydrogen-bond acceptors (Lipinski definition) is 3. The summed E-state index contributed by atoms with van der Waals surface area (Å²) in [5.41, 5.74) is 1.67. The van der Waals surface area contributed by atoms with E-state index in [2.05, 4.69) is 16.0 Å². The van der Waals surface area contributed by atoms with E-state index in [4.69, 9.17) is 0 Å². The topological polar surface area (TPSA) is 70.2 Å². The van der Waals surface area contributed by atoms with Gasteiger partial charge in [-0.15, -0.1) is 12.4 Å². The maximum Gasteiger partial charge on any atom is 0.228 e. The highest BCUT2D eigenvalue weighted by Crippen LogP contribution is 2.32. The molecule has 1 fully saturated rings. The van der Waals surface area contributed by atoms with Gasteiger partial charge in [-0.2, -0.15) is 0 Å². The fraction of sp³-hybridized carbons (Fsp3) is 0.467. The molecule has 1 saturated heterocycles. The first kappa shape index (κ1) is 15.8. The van der Waals surface area contributed by atoms with E-state index < -0.39 is 0 Å². The van der Waals surface area contributed by atoms with Gasteiger partial charge in [0, 0.05) is 24.7 Å². The number of benzene rings is 1. The first-order valence-electron chi connectivity index (χ1n) is 7.14. The smallest absolute Gasteiger partial charge is 0.228 e. The van der Waals surface area contributed by atoms with Crippen LogP contribution in [0, 0.1) is 0 Å². The lowest BCUT2D eigenvalue weighted by Crippen LogP contribution is -2.47. The summed E-state index contributed by atoms with van der Waals surface area (Å²) in [4.78, 5) is 24.2. The van der Waals surface area contributed by atoms with Crippen LogP contribution in [0.2, 0.25) is 0 Å². The van der Waals surface area contributed by atoms with Gasteiger partial charge in [-0.3, -0.25) is 9.59 Å². The van der Waals surface area contributed by atoms with E-state index in [-0.39, 0.29) is 42.6 Å². The Bertz CT molecular complexity index is 529. The fourth-order valence-electron chi connectivity index (χ4n) is 2.92. The van der Waals surface area contributed by atoms with Gasteiger partial charge in [-0.25, -0.2) is 0 Å². The highest BCUT2D eigenvalue weighted by Gasteiger charge is 2.31. The molecule has 0 spiro atoms. The van der Waals surface area contributed by atoms with E-state index in [1.807, 2.05) is 24.3 Å². The normalized spacial score (nSPS) is 24.3. The van der Waals surface area contributed by atoms with E-state index in [1.54, 1.807) is 0 Å². The Morgan fingerprint density at radius 1 is 1.29 bits per heavy atom. The summed E-state index contributed by atoms with van der Waals surface area (Å²) in [5, 5.41) is 9.16. The lowest BCUT2D eigenvalue weighted by molar-refractivity contribution is -0.127. The van der Waals surface area contributed by atoms with Crippen molar-refractivity contribution in [3.63, 3.8) is 0 Å². The molecule has 0 saturated carbocycles. The molecule has 0 bridgehead atoms. The molecule has 21 heavy (non-hydrogen) atoms. The first-order valence-corrected chi connectivity index (χ1v) is 7.14. The highest BCUT2D eigenvalue weighted by atomic mass is 35.5. The van der Waals surface area contributed by atoms with E-state index in [0.717, 1.165) is 37.2 Å². The molecule has 0 aliphatic carbocycles. The van der Waals surface area contributed by atoms with Crippen molar-refractivity contribution in [3.05, 3.63) is 29.8 Å². The molecule has 1 unspecified atom stereocenters. The van der Waals surface area contributed by atoms with Crippen LogP contribution < -0.4 is 16.0 Å². The average molecular weight is 310 g/mol. The Morgan fingerprint density at radius 3 is 2.86 bits per heavy atom. The Hall–Kier alpha value is -1.59. The number of fused-ring (bicyclic) bond motifs is 1. The van der Waals surface area contributed by atoms with Crippen molar-refractivity contribution >= 4 is 29.9 Å². The fourth-order valence-corrected chi connectivity index (χ4v) is 2.92. The van der Waals surface area contributed by atoms with Crippen LogP contribution in [0.25, 0.3) is 0 Å². The lowest BCUT2D eigenvalue weighted by Gasteiger charge is -2.29. The summed E-state index contributed by atoms with van der Waals surface area (Å²) in [6.07, 6.45) is 2.30. The maximum atomic E-state index is 12.5. The minimum atomic E-state index is -0.373.